The van der Waals surface area contributed by atoms with Crippen LogP contribution in [0.25, 0.3) is 0 Å². The van der Waals surface area contributed by atoms with Crippen molar-refractivity contribution in [3.63, 3.8) is 0 Å². The SMILES string of the molecule is CC(C)C(=O)N(c1ccc(F)cc1)C1CCN(Cc2cccc([N+](=O)[O-])c2)CC1. The van der Waals surface area contributed by atoms with Crippen molar-refractivity contribution in [3.8, 4) is 0 Å². The molecule has 0 aliphatic carbocycles. The zero-order valence-corrected chi connectivity index (χ0v) is 16.8. The molecule has 1 aliphatic rings. The molecule has 0 unspecified atom stereocenters. The highest BCUT2D eigenvalue weighted by molar-refractivity contribution is 5.95. The first-order valence-corrected chi connectivity index (χ1v) is 9.89. The second-order valence-electron chi connectivity index (χ2n) is 7.77. The zero-order chi connectivity index (χ0) is 21.0. The maximum Gasteiger partial charge on any atom is 0.269 e. The molecular formula is C22H26FN3O3. The lowest BCUT2D eigenvalue weighted by Gasteiger charge is -2.39. The number of carbonyl (C=O) groups excluding carboxylic acids is 1. The Balaban J connectivity index is 1.68. The van der Waals surface area contributed by atoms with E-state index in [1.807, 2.05) is 24.8 Å². The predicted octanol–water partition coefficient (Wildman–Crippen LogP) is 4.39. The van der Waals surface area contributed by atoms with Gasteiger partial charge in [0.05, 0.1) is 4.92 Å². The number of hydrogen-bond donors (Lipinski definition) is 0. The van der Waals surface area contributed by atoms with E-state index in [1.54, 1.807) is 24.3 Å². The van der Waals surface area contributed by atoms with E-state index in [0.717, 1.165) is 37.2 Å². The predicted molar refractivity (Wildman–Crippen MR) is 110 cm³/mol. The molecule has 29 heavy (non-hydrogen) atoms. The number of carbonyl (C=O) groups is 1. The second-order valence-corrected chi connectivity index (χ2v) is 7.77. The number of amides is 1. The monoisotopic (exact) mass is 399 g/mol. The van der Waals surface area contributed by atoms with Gasteiger partial charge in [0, 0.05) is 49.4 Å². The molecule has 2 aromatic rings. The highest BCUT2D eigenvalue weighted by Gasteiger charge is 2.30. The summed E-state index contributed by atoms with van der Waals surface area (Å²) in [4.78, 5) is 27.5. The van der Waals surface area contributed by atoms with Gasteiger partial charge in [0.2, 0.25) is 5.91 Å². The van der Waals surface area contributed by atoms with Gasteiger partial charge in [-0.3, -0.25) is 19.8 Å². The highest BCUT2D eigenvalue weighted by atomic mass is 19.1. The highest BCUT2D eigenvalue weighted by Crippen LogP contribution is 2.27. The number of nitrogens with zero attached hydrogens (tertiary/aromatic N) is 3. The number of likely N-dealkylation sites (tertiary alicyclic amines) is 1. The van der Waals surface area contributed by atoms with Crippen LogP contribution in [0.1, 0.15) is 32.3 Å². The van der Waals surface area contributed by atoms with E-state index in [1.165, 1.54) is 18.2 Å². The average molecular weight is 399 g/mol. The number of benzene rings is 2. The van der Waals surface area contributed by atoms with Gasteiger partial charge in [-0.25, -0.2) is 4.39 Å². The summed E-state index contributed by atoms with van der Waals surface area (Å²) >= 11 is 0. The van der Waals surface area contributed by atoms with Gasteiger partial charge in [-0.05, 0) is 42.7 Å². The van der Waals surface area contributed by atoms with E-state index >= 15 is 0 Å². The molecule has 1 saturated heterocycles. The number of nitro groups is 1. The van der Waals surface area contributed by atoms with Gasteiger partial charge in [0.25, 0.3) is 5.69 Å². The number of piperidine rings is 1. The Bertz CT molecular complexity index is 862. The molecule has 154 valence electrons. The van der Waals surface area contributed by atoms with Crippen molar-refractivity contribution in [1.29, 1.82) is 0 Å². The van der Waals surface area contributed by atoms with Gasteiger partial charge >= 0.3 is 0 Å². The summed E-state index contributed by atoms with van der Waals surface area (Å²) < 4.78 is 13.3. The first kappa shape index (κ1) is 20.9. The molecule has 0 atom stereocenters. The van der Waals surface area contributed by atoms with E-state index < -0.39 is 0 Å². The fourth-order valence-electron chi connectivity index (χ4n) is 3.76. The molecule has 3 rings (SSSR count). The molecule has 0 N–H and O–H groups in total. The standard InChI is InChI=1S/C22H26FN3O3/c1-16(2)22(27)25(19-8-6-18(23)7-9-19)20-10-12-24(13-11-20)15-17-4-3-5-21(14-17)26(28)29/h3-9,14,16,20H,10-13,15H2,1-2H3. The van der Waals surface area contributed by atoms with Crippen LogP contribution in [-0.2, 0) is 11.3 Å². The minimum atomic E-state index is -0.381. The fraction of sp³-hybridized carbons (Fsp3) is 0.409. The number of anilines is 1. The van der Waals surface area contributed by atoms with Crippen LogP contribution in [-0.4, -0.2) is 34.9 Å². The number of nitro benzene ring substituents is 1. The van der Waals surface area contributed by atoms with Crippen LogP contribution in [0.15, 0.2) is 48.5 Å². The molecule has 0 spiro atoms. The number of non-ortho nitro benzene ring substituents is 1. The number of halogens is 1. The van der Waals surface area contributed by atoms with Crippen LogP contribution in [0.4, 0.5) is 15.8 Å². The second kappa shape index (κ2) is 9.13. The summed E-state index contributed by atoms with van der Waals surface area (Å²) in [7, 11) is 0. The Hall–Kier alpha value is -2.80. The van der Waals surface area contributed by atoms with Crippen molar-refractivity contribution in [3.05, 3.63) is 70.0 Å². The Morgan fingerprint density at radius 1 is 1.21 bits per heavy atom. The first-order chi connectivity index (χ1) is 13.8. The third-order valence-electron chi connectivity index (χ3n) is 5.29. The minimum absolute atomic E-state index is 0.0359. The number of hydrogen-bond acceptors (Lipinski definition) is 4. The zero-order valence-electron chi connectivity index (χ0n) is 16.8. The van der Waals surface area contributed by atoms with Crippen LogP contribution >= 0.6 is 0 Å². The summed E-state index contributed by atoms with van der Waals surface area (Å²) in [6.45, 7) is 5.96. The van der Waals surface area contributed by atoms with Gasteiger partial charge in [0.15, 0.2) is 0 Å². The van der Waals surface area contributed by atoms with E-state index in [9.17, 15) is 19.3 Å². The van der Waals surface area contributed by atoms with E-state index in [0.29, 0.717) is 6.54 Å². The Labute approximate surface area is 170 Å². The Kier molecular flexibility index (Phi) is 6.59. The van der Waals surface area contributed by atoms with E-state index in [4.69, 9.17) is 0 Å². The quantitative estimate of drug-likeness (QED) is 0.534. The molecular weight excluding hydrogens is 373 g/mol. The molecule has 2 aromatic carbocycles. The molecule has 6 nitrogen and oxygen atoms in total. The van der Waals surface area contributed by atoms with Gasteiger partial charge in [-0.1, -0.05) is 26.0 Å². The topological polar surface area (TPSA) is 66.7 Å². The summed E-state index contributed by atoms with van der Waals surface area (Å²) in [5.74, 6) is -0.436. The third-order valence-corrected chi connectivity index (χ3v) is 5.29. The number of rotatable bonds is 6. The molecule has 1 fully saturated rings. The van der Waals surface area contributed by atoms with Crippen LogP contribution < -0.4 is 4.90 Å². The van der Waals surface area contributed by atoms with Crippen LogP contribution in [0.3, 0.4) is 0 Å². The summed E-state index contributed by atoms with van der Waals surface area (Å²) in [6.07, 6.45) is 1.59. The van der Waals surface area contributed by atoms with Gasteiger partial charge in [-0.15, -0.1) is 0 Å². The molecule has 7 heteroatoms. The van der Waals surface area contributed by atoms with Crippen LogP contribution in [0.5, 0.6) is 0 Å². The third kappa shape index (κ3) is 5.17. The molecule has 1 aliphatic heterocycles. The summed E-state index contributed by atoms with van der Waals surface area (Å²) in [6, 6.07) is 12.8. The maximum atomic E-state index is 13.3. The fourth-order valence-corrected chi connectivity index (χ4v) is 3.76. The summed E-state index contributed by atoms with van der Waals surface area (Å²) in [5.41, 5.74) is 1.73. The van der Waals surface area contributed by atoms with Gasteiger partial charge < -0.3 is 4.90 Å². The summed E-state index contributed by atoms with van der Waals surface area (Å²) in [5, 5.41) is 11.0. The van der Waals surface area contributed by atoms with Crippen molar-refractivity contribution in [2.75, 3.05) is 18.0 Å². The maximum absolute atomic E-state index is 13.3. The Morgan fingerprint density at radius 3 is 2.45 bits per heavy atom. The van der Waals surface area contributed by atoms with Crippen molar-refractivity contribution >= 4 is 17.3 Å². The largest absolute Gasteiger partial charge is 0.309 e. The van der Waals surface area contributed by atoms with E-state index in [-0.39, 0.29) is 34.3 Å². The van der Waals surface area contributed by atoms with Crippen molar-refractivity contribution in [2.45, 2.75) is 39.3 Å². The molecule has 1 heterocycles. The van der Waals surface area contributed by atoms with Crippen molar-refractivity contribution < 1.29 is 14.1 Å². The molecule has 0 radical (unpaired) electrons. The molecule has 0 aromatic heterocycles. The smallest absolute Gasteiger partial charge is 0.269 e. The van der Waals surface area contributed by atoms with Crippen LogP contribution in [0, 0.1) is 21.8 Å². The van der Waals surface area contributed by atoms with E-state index in [2.05, 4.69) is 4.90 Å². The average Bonchev–Trinajstić information content (AvgIpc) is 2.71. The van der Waals surface area contributed by atoms with Gasteiger partial charge in [-0.2, -0.15) is 0 Å². The molecule has 1 amide bonds. The lowest BCUT2D eigenvalue weighted by Crippen LogP contribution is -2.48. The van der Waals surface area contributed by atoms with Gasteiger partial charge in [0.1, 0.15) is 5.82 Å². The molecule has 0 bridgehead atoms. The van der Waals surface area contributed by atoms with Crippen LogP contribution in [0.2, 0.25) is 0 Å². The lowest BCUT2D eigenvalue weighted by atomic mass is 9.99. The van der Waals surface area contributed by atoms with Crippen molar-refractivity contribution in [1.82, 2.24) is 4.90 Å². The Morgan fingerprint density at radius 2 is 1.86 bits per heavy atom. The lowest BCUT2D eigenvalue weighted by molar-refractivity contribution is -0.384. The normalized spacial score (nSPS) is 15.4. The van der Waals surface area contributed by atoms with Crippen molar-refractivity contribution in [2.24, 2.45) is 5.92 Å². The molecule has 0 saturated carbocycles. The first-order valence-electron chi connectivity index (χ1n) is 9.89. The minimum Gasteiger partial charge on any atom is -0.309 e.